The zero-order valence-corrected chi connectivity index (χ0v) is 8.82. The molecule has 1 atom stereocenters. The molecule has 0 saturated carbocycles. The van der Waals surface area contributed by atoms with E-state index in [4.69, 9.17) is 12.2 Å². The Kier molecular flexibility index (Phi) is 3.48. The Hall–Kier alpha value is -0.630. The van der Waals surface area contributed by atoms with E-state index in [-0.39, 0.29) is 0 Å². The van der Waals surface area contributed by atoms with Gasteiger partial charge in [-0.2, -0.15) is 13.2 Å². The summed E-state index contributed by atoms with van der Waals surface area (Å²) in [6.45, 7) is 1.44. The van der Waals surface area contributed by atoms with Crippen LogP contribution in [0.25, 0.3) is 0 Å². The van der Waals surface area contributed by atoms with Crippen molar-refractivity contribution in [3.05, 3.63) is 3.95 Å². The third-order valence-corrected chi connectivity index (χ3v) is 2.37. The number of rotatable bonds is 3. The highest BCUT2D eigenvalue weighted by Gasteiger charge is 2.30. The maximum atomic E-state index is 11.9. The lowest BCUT2D eigenvalue weighted by atomic mass is 10.2. The van der Waals surface area contributed by atoms with E-state index in [1.807, 2.05) is 0 Å². The highest BCUT2D eigenvalue weighted by molar-refractivity contribution is 7.73. The Morgan fingerprint density at radius 1 is 1.64 bits per heavy atom. The van der Waals surface area contributed by atoms with Crippen LogP contribution in [0.5, 0.6) is 0 Å². The molecule has 3 nitrogen and oxygen atoms in total. The van der Waals surface area contributed by atoms with Crippen LogP contribution >= 0.6 is 23.6 Å². The van der Waals surface area contributed by atoms with Gasteiger partial charge in [-0.1, -0.05) is 11.3 Å². The summed E-state index contributed by atoms with van der Waals surface area (Å²) in [5.74, 6) is 0. The van der Waals surface area contributed by atoms with Gasteiger partial charge in [0.25, 0.3) is 0 Å². The molecule has 14 heavy (non-hydrogen) atoms. The molecular weight excluding hydrogens is 235 g/mol. The topological polar surface area (TPSA) is 40.7 Å². The lowest BCUT2D eigenvalue weighted by Crippen LogP contribution is -2.23. The fourth-order valence-electron chi connectivity index (χ4n) is 0.901. The van der Waals surface area contributed by atoms with Gasteiger partial charge in [0, 0.05) is 6.04 Å². The van der Waals surface area contributed by atoms with Crippen molar-refractivity contribution in [1.29, 1.82) is 0 Å². The molecule has 1 heterocycles. The molecule has 1 aromatic rings. The standard InChI is InChI=1S/C6H8F3N3S2/c1-3(2-6(7,8)9)10-4-11-12-5(13)14-4/h3H,2H2,1H3,(H,10,11)(H,12,13). The van der Waals surface area contributed by atoms with E-state index in [9.17, 15) is 13.2 Å². The molecule has 0 bridgehead atoms. The van der Waals surface area contributed by atoms with Crippen LogP contribution in [0.4, 0.5) is 18.3 Å². The Morgan fingerprint density at radius 3 is 2.71 bits per heavy atom. The molecule has 1 unspecified atom stereocenters. The fraction of sp³-hybridized carbons (Fsp3) is 0.667. The first-order chi connectivity index (χ1) is 6.37. The summed E-state index contributed by atoms with van der Waals surface area (Å²) in [5, 5.41) is 9.16. The second-order valence-electron chi connectivity index (χ2n) is 2.78. The van der Waals surface area contributed by atoms with Gasteiger partial charge in [-0.15, -0.1) is 5.10 Å². The van der Waals surface area contributed by atoms with Crippen molar-refractivity contribution in [2.45, 2.75) is 25.6 Å². The minimum Gasteiger partial charge on any atom is -0.357 e. The van der Waals surface area contributed by atoms with E-state index in [0.717, 1.165) is 11.3 Å². The van der Waals surface area contributed by atoms with Crippen molar-refractivity contribution >= 4 is 28.7 Å². The van der Waals surface area contributed by atoms with Crippen LogP contribution in [0.1, 0.15) is 13.3 Å². The third-order valence-electron chi connectivity index (χ3n) is 1.35. The Morgan fingerprint density at radius 2 is 2.29 bits per heavy atom. The summed E-state index contributed by atoms with van der Waals surface area (Å²) in [6, 6.07) is -0.705. The van der Waals surface area contributed by atoms with Gasteiger partial charge < -0.3 is 5.32 Å². The zero-order valence-electron chi connectivity index (χ0n) is 7.18. The van der Waals surface area contributed by atoms with E-state index in [1.165, 1.54) is 6.92 Å². The Labute approximate surface area is 87.3 Å². The average molecular weight is 243 g/mol. The quantitative estimate of drug-likeness (QED) is 0.802. The molecule has 0 aromatic carbocycles. The van der Waals surface area contributed by atoms with Gasteiger partial charge in [-0.25, -0.2) is 0 Å². The van der Waals surface area contributed by atoms with Crippen molar-refractivity contribution in [3.8, 4) is 0 Å². The van der Waals surface area contributed by atoms with Gasteiger partial charge >= 0.3 is 6.18 Å². The maximum absolute atomic E-state index is 11.9. The molecule has 0 aliphatic rings. The van der Waals surface area contributed by atoms with Crippen molar-refractivity contribution in [2.24, 2.45) is 0 Å². The predicted octanol–water partition coefficient (Wildman–Crippen LogP) is 2.95. The van der Waals surface area contributed by atoms with Crippen LogP contribution in [0, 0.1) is 3.95 Å². The van der Waals surface area contributed by atoms with Crippen molar-refractivity contribution in [2.75, 3.05) is 5.32 Å². The first-order valence-corrected chi connectivity index (χ1v) is 4.98. The number of nitrogens with zero attached hydrogens (tertiary/aromatic N) is 1. The molecule has 0 radical (unpaired) electrons. The molecule has 80 valence electrons. The van der Waals surface area contributed by atoms with Crippen molar-refractivity contribution < 1.29 is 13.2 Å². The summed E-state index contributed by atoms with van der Waals surface area (Å²) in [6.07, 6.45) is -5.05. The zero-order chi connectivity index (χ0) is 10.8. The number of nitrogens with one attached hydrogen (secondary N) is 2. The largest absolute Gasteiger partial charge is 0.391 e. The number of aromatic nitrogens is 2. The smallest absolute Gasteiger partial charge is 0.357 e. The van der Waals surface area contributed by atoms with E-state index in [1.54, 1.807) is 0 Å². The minimum atomic E-state index is -4.16. The molecular formula is C6H8F3N3S2. The molecule has 0 aliphatic heterocycles. The SMILES string of the molecule is CC(CC(F)(F)F)Nc1n[nH]c(=S)s1. The van der Waals surface area contributed by atoms with Gasteiger partial charge in [-0.05, 0) is 19.1 Å². The molecule has 0 fully saturated rings. The predicted molar refractivity (Wildman–Crippen MR) is 51.1 cm³/mol. The number of hydrogen-bond acceptors (Lipinski definition) is 4. The second kappa shape index (κ2) is 4.26. The number of aromatic amines is 1. The molecule has 8 heteroatoms. The van der Waals surface area contributed by atoms with Crippen LogP contribution in [0.15, 0.2) is 0 Å². The van der Waals surface area contributed by atoms with Crippen LogP contribution in [-0.4, -0.2) is 22.4 Å². The van der Waals surface area contributed by atoms with Crippen LogP contribution in [-0.2, 0) is 0 Å². The fourth-order valence-corrected chi connectivity index (χ4v) is 1.80. The highest BCUT2D eigenvalue weighted by atomic mass is 32.1. The summed E-state index contributed by atoms with van der Waals surface area (Å²) >= 11 is 5.85. The molecule has 0 saturated heterocycles. The van der Waals surface area contributed by atoms with E-state index < -0.39 is 18.6 Å². The first kappa shape index (κ1) is 11.4. The van der Waals surface area contributed by atoms with Gasteiger partial charge in [0.1, 0.15) is 0 Å². The van der Waals surface area contributed by atoms with Crippen LogP contribution in [0.2, 0.25) is 0 Å². The van der Waals surface area contributed by atoms with Crippen LogP contribution in [0.3, 0.4) is 0 Å². The summed E-state index contributed by atoms with van der Waals surface area (Å²) in [7, 11) is 0. The Bertz CT molecular complexity index is 343. The molecule has 1 rings (SSSR count). The Balaban J connectivity index is 2.49. The highest BCUT2D eigenvalue weighted by Crippen LogP contribution is 2.23. The molecule has 0 spiro atoms. The van der Waals surface area contributed by atoms with E-state index >= 15 is 0 Å². The van der Waals surface area contributed by atoms with Crippen molar-refractivity contribution in [3.63, 3.8) is 0 Å². The summed E-state index contributed by atoms with van der Waals surface area (Å²) in [4.78, 5) is 0. The van der Waals surface area contributed by atoms with Gasteiger partial charge in [0.15, 0.2) is 3.95 Å². The molecule has 0 amide bonds. The second-order valence-corrected chi connectivity index (χ2v) is 4.45. The number of halogens is 3. The molecule has 1 aromatic heterocycles. The monoisotopic (exact) mass is 243 g/mol. The summed E-state index contributed by atoms with van der Waals surface area (Å²) in [5.41, 5.74) is 0. The lowest BCUT2D eigenvalue weighted by molar-refractivity contribution is -0.136. The van der Waals surface area contributed by atoms with E-state index in [2.05, 4.69) is 15.5 Å². The third kappa shape index (κ3) is 4.05. The van der Waals surface area contributed by atoms with Gasteiger partial charge in [0.05, 0.1) is 6.42 Å². The van der Waals surface area contributed by atoms with Gasteiger partial charge in [0.2, 0.25) is 5.13 Å². The van der Waals surface area contributed by atoms with Gasteiger partial charge in [-0.3, -0.25) is 5.10 Å². The molecule has 0 aliphatic carbocycles. The minimum absolute atomic E-state index is 0.381. The average Bonchev–Trinajstić information content (AvgIpc) is 2.30. The van der Waals surface area contributed by atoms with E-state index in [0.29, 0.717) is 9.09 Å². The number of anilines is 1. The number of hydrogen-bond donors (Lipinski definition) is 2. The number of H-pyrrole nitrogens is 1. The summed E-state index contributed by atoms with van der Waals surface area (Å²) < 4.78 is 36.2. The maximum Gasteiger partial charge on any atom is 0.391 e. The normalized spacial score (nSPS) is 14.0. The lowest BCUT2D eigenvalue weighted by Gasteiger charge is -2.14. The first-order valence-electron chi connectivity index (χ1n) is 3.75. The number of alkyl halides is 3. The van der Waals surface area contributed by atoms with Crippen molar-refractivity contribution in [1.82, 2.24) is 10.2 Å². The van der Waals surface area contributed by atoms with Crippen LogP contribution < -0.4 is 5.32 Å². The molecule has 2 N–H and O–H groups in total.